The van der Waals surface area contributed by atoms with Gasteiger partial charge in [0.25, 0.3) is 0 Å². The van der Waals surface area contributed by atoms with Gasteiger partial charge in [-0.2, -0.15) is 0 Å². The Bertz CT molecular complexity index is 1470. The standard InChI is InChI=1S/C49H85O16P/c1-3-5-7-8-9-10-11-12-13-14-15-16-17-18-19-20-26-30-43(54)64-37-34-62-42(53)29-25-22-21-24-28-38-40(51)33-41(52)39(32-31-36(50)27-23-6-4-2)45(56)47(58)49(48(59)46(57)44(38)55)65-66(60,61)63-35-37/h9-10,12-13,31-32,36-39,41,44-50,52,55-59H,3-8,11,14-30,33-35H2,1-2H3,(H,60,61)/b10-9-,13-12-,32-31+/t36-,37+,38-,39-,41+,44+,45+,46-,47+,48+,49+/m0/s1. The van der Waals surface area contributed by atoms with Crippen LogP contribution < -0.4 is 0 Å². The van der Waals surface area contributed by atoms with Crippen LogP contribution >= 0.6 is 7.82 Å². The van der Waals surface area contributed by atoms with Crippen molar-refractivity contribution >= 4 is 25.5 Å². The summed E-state index contributed by atoms with van der Waals surface area (Å²) in [7, 11) is -5.45. The van der Waals surface area contributed by atoms with E-state index in [4.69, 9.17) is 18.5 Å². The van der Waals surface area contributed by atoms with Crippen molar-refractivity contribution in [1.29, 1.82) is 0 Å². The van der Waals surface area contributed by atoms with Gasteiger partial charge < -0.3 is 50.1 Å². The van der Waals surface area contributed by atoms with Crippen LogP contribution in [0.25, 0.3) is 0 Å². The summed E-state index contributed by atoms with van der Waals surface area (Å²) in [5.41, 5.74) is 0. The molecule has 66 heavy (non-hydrogen) atoms. The van der Waals surface area contributed by atoms with Crippen molar-refractivity contribution in [3.8, 4) is 0 Å². The Labute approximate surface area is 393 Å². The molecule has 8 N–H and O–H groups in total. The average molecular weight is 961 g/mol. The minimum atomic E-state index is -5.45. The van der Waals surface area contributed by atoms with Crippen LogP contribution in [0.15, 0.2) is 36.5 Å². The Morgan fingerprint density at radius 3 is 2.03 bits per heavy atom. The van der Waals surface area contributed by atoms with Crippen LogP contribution in [0.1, 0.15) is 174 Å². The number of Topliss-reactive ketones (excluding diaryl/α,β-unsaturated/α-hetero) is 1. The molecule has 12 atom stereocenters. The Morgan fingerprint density at radius 1 is 0.742 bits per heavy atom. The number of carbonyl (C=O) groups is 3. The maximum Gasteiger partial charge on any atom is 0.472 e. The number of carbonyl (C=O) groups excluding carboxylic acids is 3. The fourth-order valence-corrected chi connectivity index (χ4v) is 9.20. The van der Waals surface area contributed by atoms with Crippen LogP contribution in [0.3, 0.4) is 0 Å². The number of fused-ring (bicyclic) bond motifs is 4. The third-order valence-corrected chi connectivity index (χ3v) is 13.3. The van der Waals surface area contributed by atoms with E-state index < -0.39 is 112 Å². The van der Waals surface area contributed by atoms with Crippen molar-refractivity contribution in [3.05, 3.63) is 36.5 Å². The van der Waals surface area contributed by atoms with E-state index in [1.165, 1.54) is 31.4 Å². The van der Waals surface area contributed by atoms with Crippen molar-refractivity contribution in [3.63, 3.8) is 0 Å². The summed E-state index contributed by atoms with van der Waals surface area (Å²) in [6, 6.07) is 0. The first-order valence-corrected chi connectivity index (χ1v) is 26.4. The predicted molar refractivity (Wildman–Crippen MR) is 250 cm³/mol. The fraction of sp³-hybridized carbons (Fsp3) is 0.816. The number of unbranched alkanes of at least 4 members (excludes halogenated alkanes) is 12. The number of ether oxygens (including phenoxy) is 2. The fourth-order valence-electron chi connectivity index (χ4n) is 8.23. The molecular weight excluding hydrogens is 875 g/mol. The van der Waals surface area contributed by atoms with Crippen molar-refractivity contribution in [2.75, 3.05) is 13.2 Å². The quantitative estimate of drug-likeness (QED) is 0.0228. The molecule has 2 rings (SSSR count). The molecule has 0 amide bonds. The molecule has 0 aromatic heterocycles. The molecule has 0 spiro atoms. The van der Waals surface area contributed by atoms with Crippen LogP contribution in [0.2, 0.25) is 0 Å². The molecule has 0 aromatic rings. The zero-order valence-corrected chi connectivity index (χ0v) is 40.6. The van der Waals surface area contributed by atoms with Gasteiger partial charge in [0.2, 0.25) is 0 Å². The number of allylic oxidation sites excluding steroid dienone is 4. The van der Waals surface area contributed by atoms with Gasteiger partial charge in [-0.1, -0.05) is 134 Å². The minimum absolute atomic E-state index is 0.0110. The Morgan fingerprint density at radius 2 is 1.35 bits per heavy atom. The first-order chi connectivity index (χ1) is 31.6. The number of phosphoric acid groups is 1. The van der Waals surface area contributed by atoms with Gasteiger partial charge in [-0.25, -0.2) is 4.57 Å². The van der Waals surface area contributed by atoms with Gasteiger partial charge in [-0.15, -0.1) is 0 Å². The predicted octanol–water partition coefficient (Wildman–Crippen LogP) is 6.76. The molecule has 1 aliphatic heterocycles. The number of phosphoric ester groups is 1. The minimum Gasteiger partial charge on any atom is -0.462 e. The number of hydrogen-bond acceptors (Lipinski definition) is 15. The van der Waals surface area contributed by atoms with Gasteiger partial charge in [-0.3, -0.25) is 23.4 Å². The normalized spacial score (nSPS) is 31.1. The van der Waals surface area contributed by atoms with Crippen molar-refractivity contribution in [2.45, 2.75) is 229 Å². The maximum absolute atomic E-state index is 13.6. The van der Waals surface area contributed by atoms with Crippen LogP contribution in [-0.2, 0) is 37.5 Å². The topological polar surface area (TPSA) is 267 Å². The number of esters is 2. The SMILES string of the molecule is CCCCC/C=C\C/C=C\CCCCCCCCCC(=O)O[C@@H]1COC(=O)CCCCCC[C@H]2C(=O)C[C@@H](O)[C@H](/C=C/[C@@H](O)CCCCC)[C@@H](O)[C@@H](O)[C@@H](OP(=O)(O)OC1)[C@H](O)[C@@H](O)[C@@H]2O. The molecule has 16 nitrogen and oxygen atoms in total. The summed E-state index contributed by atoms with van der Waals surface area (Å²) in [5.74, 6) is -4.90. The van der Waals surface area contributed by atoms with E-state index in [0.29, 0.717) is 44.9 Å². The van der Waals surface area contributed by atoms with Crippen LogP contribution in [0, 0.1) is 11.8 Å². The number of rotatable bonds is 23. The lowest BCUT2D eigenvalue weighted by Crippen LogP contribution is -2.55. The van der Waals surface area contributed by atoms with Gasteiger partial charge in [-0.05, 0) is 57.8 Å². The average Bonchev–Trinajstić information content (AvgIpc) is 3.28. The number of aliphatic hydroxyl groups excluding tert-OH is 7. The Hall–Kier alpha value is -2.34. The lowest BCUT2D eigenvalue weighted by molar-refractivity contribution is -0.166. The van der Waals surface area contributed by atoms with Crippen molar-refractivity contribution < 1.29 is 78.1 Å². The smallest absolute Gasteiger partial charge is 0.462 e. The first-order valence-electron chi connectivity index (χ1n) is 24.9. The molecule has 2 bridgehead atoms. The molecule has 382 valence electrons. The number of ketones is 1. The molecule has 0 aromatic carbocycles. The molecule has 1 aliphatic carbocycles. The zero-order chi connectivity index (χ0) is 48.7. The third kappa shape index (κ3) is 24.8. The molecule has 1 heterocycles. The second-order valence-corrected chi connectivity index (χ2v) is 19.5. The van der Waals surface area contributed by atoms with E-state index in [9.17, 15) is 59.6 Å². The zero-order valence-electron chi connectivity index (χ0n) is 39.7. The molecule has 2 aliphatic rings. The number of aliphatic hydroxyl groups is 7. The lowest BCUT2D eigenvalue weighted by atomic mass is 9.83. The summed E-state index contributed by atoms with van der Waals surface area (Å²) in [6.45, 7) is 2.80. The molecule has 0 radical (unpaired) electrons. The van der Waals surface area contributed by atoms with E-state index in [2.05, 4.69) is 31.2 Å². The maximum atomic E-state index is 13.6. The van der Waals surface area contributed by atoms with E-state index >= 15 is 0 Å². The molecule has 1 unspecified atom stereocenters. The highest BCUT2D eigenvalue weighted by Crippen LogP contribution is 2.47. The van der Waals surface area contributed by atoms with Crippen molar-refractivity contribution in [1.82, 2.24) is 0 Å². The number of cyclic esters (lactones) is 1. The second kappa shape index (κ2) is 34.9. The van der Waals surface area contributed by atoms with Crippen LogP contribution in [0.5, 0.6) is 0 Å². The molecule has 1 saturated carbocycles. The number of hydrogen-bond donors (Lipinski definition) is 8. The van der Waals surface area contributed by atoms with E-state index in [-0.39, 0.29) is 19.3 Å². The Kier molecular flexibility index (Phi) is 31.6. The second-order valence-electron chi connectivity index (χ2n) is 18.1. The van der Waals surface area contributed by atoms with Gasteiger partial charge in [0.1, 0.15) is 36.8 Å². The van der Waals surface area contributed by atoms with Gasteiger partial charge in [0.15, 0.2) is 6.10 Å². The lowest BCUT2D eigenvalue weighted by Gasteiger charge is -2.36. The van der Waals surface area contributed by atoms with Crippen LogP contribution in [-0.4, -0.2) is 127 Å². The van der Waals surface area contributed by atoms with Gasteiger partial charge >= 0.3 is 19.8 Å². The van der Waals surface area contributed by atoms with Gasteiger partial charge in [0.05, 0.1) is 31.0 Å². The summed E-state index contributed by atoms with van der Waals surface area (Å²) in [4.78, 5) is 50.2. The van der Waals surface area contributed by atoms with E-state index in [1.54, 1.807) is 0 Å². The van der Waals surface area contributed by atoms with Gasteiger partial charge in [0, 0.05) is 31.1 Å². The largest absolute Gasteiger partial charge is 0.472 e. The highest BCUT2D eigenvalue weighted by Gasteiger charge is 2.49. The van der Waals surface area contributed by atoms with Crippen molar-refractivity contribution in [2.24, 2.45) is 11.8 Å². The monoisotopic (exact) mass is 961 g/mol. The molecule has 17 heteroatoms. The molecule has 1 saturated heterocycles. The van der Waals surface area contributed by atoms with Crippen LogP contribution in [0.4, 0.5) is 0 Å². The molecule has 2 fully saturated rings. The summed E-state index contributed by atoms with van der Waals surface area (Å²) in [6.07, 6.45) is 10.9. The Balaban J connectivity index is 2.14. The highest BCUT2D eigenvalue weighted by molar-refractivity contribution is 7.47. The summed E-state index contributed by atoms with van der Waals surface area (Å²) < 4.78 is 34.8. The van der Waals surface area contributed by atoms with E-state index in [0.717, 1.165) is 70.6 Å². The first kappa shape index (κ1) is 59.8. The third-order valence-electron chi connectivity index (χ3n) is 12.3. The highest BCUT2D eigenvalue weighted by atomic mass is 31.2. The summed E-state index contributed by atoms with van der Waals surface area (Å²) >= 11 is 0. The summed E-state index contributed by atoms with van der Waals surface area (Å²) in [5, 5.41) is 78.7. The molecular formula is C49H85O16P. The van der Waals surface area contributed by atoms with E-state index in [1.807, 2.05) is 6.92 Å².